The number of esters is 2. The number of unbranched alkanes of at least 4 members (excludes halogenated alkanes) is 7. The van der Waals surface area contributed by atoms with Crippen molar-refractivity contribution in [3.8, 4) is 0 Å². The number of hydrogen-bond acceptors (Lipinski definition) is 10. The Bertz CT molecular complexity index is 1380. The minimum atomic E-state index is -4.79. The maximum Gasteiger partial charge on any atom is 0.472 e. The highest BCUT2D eigenvalue weighted by Crippen LogP contribution is 2.43. The summed E-state index contributed by atoms with van der Waals surface area (Å²) in [4.78, 5) is 45.9. The summed E-state index contributed by atoms with van der Waals surface area (Å²) in [5, 5.41) is 19.2. The molecule has 334 valence electrons. The normalized spacial score (nSPS) is 15.2. The molecule has 0 aromatic carbocycles. The molecule has 0 bridgehead atoms. The van der Waals surface area contributed by atoms with Gasteiger partial charge in [-0.15, -0.1) is 0 Å². The van der Waals surface area contributed by atoms with E-state index in [1.165, 1.54) is 38.5 Å². The number of carbonyl (C=O) groups is 3. The lowest BCUT2D eigenvalue weighted by atomic mass is 10.1. The number of rotatable bonds is 38. The van der Waals surface area contributed by atoms with E-state index in [9.17, 15) is 28.9 Å². The average Bonchev–Trinajstić information content (AvgIpc) is 3.20. The van der Waals surface area contributed by atoms with Gasteiger partial charge in [-0.25, -0.2) is 4.57 Å². The Balaban J connectivity index is 4.68. The topological polar surface area (TPSA) is 192 Å². The van der Waals surface area contributed by atoms with Crippen LogP contribution in [-0.2, 0) is 37.5 Å². The fourth-order valence-corrected chi connectivity index (χ4v) is 5.83. The number of nitrogens with two attached hydrogens (primary N) is 1. The number of aliphatic carboxylic acids is 1. The molecule has 0 aromatic rings. The quantitative estimate of drug-likeness (QED) is 0.0151. The zero-order valence-corrected chi connectivity index (χ0v) is 36.6. The van der Waals surface area contributed by atoms with Crippen molar-refractivity contribution in [1.29, 1.82) is 0 Å². The van der Waals surface area contributed by atoms with Crippen molar-refractivity contribution in [1.82, 2.24) is 0 Å². The number of phosphoric acid groups is 1. The summed E-state index contributed by atoms with van der Waals surface area (Å²) in [6, 6.07) is -1.56. The molecule has 12 nitrogen and oxygen atoms in total. The highest BCUT2D eigenvalue weighted by atomic mass is 31.2. The Morgan fingerprint density at radius 1 is 0.627 bits per heavy atom. The molecule has 13 heteroatoms. The molecular weight excluding hydrogens is 773 g/mol. The number of carbonyl (C=O) groups excluding carboxylic acids is 2. The number of carboxylic acid groups (broad SMARTS) is 1. The second kappa shape index (κ2) is 39.8. The number of ether oxygens (including phenoxy) is 2. The van der Waals surface area contributed by atoms with Crippen molar-refractivity contribution in [2.45, 2.75) is 154 Å². The number of aliphatic hydroxyl groups excluding tert-OH is 1. The van der Waals surface area contributed by atoms with Crippen molar-refractivity contribution in [3.05, 3.63) is 97.2 Å². The van der Waals surface area contributed by atoms with E-state index >= 15 is 0 Å². The fourth-order valence-electron chi connectivity index (χ4n) is 5.05. The Labute approximate surface area is 354 Å². The molecule has 59 heavy (non-hydrogen) atoms. The van der Waals surface area contributed by atoms with Gasteiger partial charge in [0, 0.05) is 12.8 Å². The summed E-state index contributed by atoms with van der Waals surface area (Å²) in [6.45, 7) is 2.41. The SMILES string of the molecule is CC/C=C\C/C=C\C/C=C\C/C=C\C/C=C\CCCC(=O)OC[C@H](COP(=O)(O)OC[C@H](N)C(=O)O)OC(=O)CCCC(O)/C=C/C=C/C/C=C/CCCCCCCC. The smallest absolute Gasteiger partial charge is 0.472 e. The van der Waals surface area contributed by atoms with E-state index < -0.39 is 63.8 Å². The first-order chi connectivity index (χ1) is 28.5. The van der Waals surface area contributed by atoms with Crippen molar-refractivity contribution >= 4 is 25.7 Å². The maximum atomic E-state index is 12.6. The maximum absolute atomic E-state index is 12.6. The average molecular weight is 848 g/mol. The third kappa shape index (κ3) is 39.6. The molecule has 2 unspecified atom stereocenters. The van der Waals surface area contributed by atoms with Crippen LogP contribution in [0.5, 0.6) is 0 Å². The second-order valence-electron chi connectivity index (χ2n) is 13.9. The zero-order valence-electron chi connectivity index (χ0n) is 35.7. The number of aliphatic hydroxyl groups is 1. The largest absolute Gasteiger partial charge is 0.480 e. The lowest BCUT2D eigenvalue weighted by molar-refractivity contribution is -0.161. The summed E-state index contributed by atoms with van der Waals surface area (Å²) in [5.74, 6) is -2.69. The Hall–Kier alpha value is -3.64. The van der Waals surface area contributed by atoms with Gasteiger partial charge in [-0.2, -0.15) is 0 Å². The van der Waals surface area contributed by atoms with Crippen molar-refractivity contribution in [2.75, 3.05) is 19.8 Å². The van der Waals surface area contributed by atoms with Crippen molar-refractivity contribution in [3.63, 3.8) is 0 Å². The van der Waals surface area contributed by atoms with E-state index in [2.05, 4.69) is 79.1 Å². The third-order valence-electron chi connectivity index (χ3n) is 8.42. The molecule has 0 spiro atoms. The first-order valence-electron chi connectivity index (χ1n) is 21.4. The van der Waals surface area contributed by atoms with Crippen molar-refractivity contribution in [2.24, 2.45) is 5.73 Å². The van der Waals surface area contributed by atoms with Gasteiger partial charge in [-0.05, 0) is 77.0 Å². The van der Waals surface area contributed by atoms with Crippen LogP contribution < -0.4 is 5.73 Å². The molecule has 0 saturated carbocycles. The Morgan fingerprint density at radius 2 is 1.15 bits per heavy atom. The molecule has 5 N–H and O–H groups in total. The van der Waals surface area contributed by atoms with E-state index in [0.29, 0.717) is 12.8 Å². The minimum absolute atomic E-state index is 0.0808. The number of hydrogen-bond donors (Lipinski definition) is 4. The van der Waals surface area contributed by atoms with Gasteiger partial charge < -0.3 is 30.3 Å². The highest BCUT2D eigenvalue weighted by Gasteiger charge is 2.28. The van der Waals surface area contributed by atoms with E-state index in [0.717, 1.165) is 44.9 Å². The molecule has 4 atom stereocenters. The molecule has 0 aliphatic heterocycles. The zero-order chi connectivity index (χ0) is 43.7. The standard InChI is InChI=1S/C46H74NO11P/c1-3-5-7-9-11-13-15-17-18-19-20-22-24-26-28-30-32-36-44(49)55-38-42(39-56-59(53,54)57-40-43(47)46(51)52)58-45(50)37-33-35-41(48)34-31-29-27-25-23-21-16-14-12-10-8-6-4-2/h5,7,11,13,17-18,20-23,26-29,31,34,41-43,48H,3-4,6,8-10,12,14-16,19,24-25,30,32-33,35-40,47H2,1-2H3,(H,51,52)(H,53,54)/b7-5-,13-11-,18-17-,22-20-,23-21+,28-26-,29-27+,34-31+/t41?,42-,43+/m1/s1. The second-order valence-corrected chi connectivity index (χ2v) is 15.4. The van der Waals surface area contributed by atoms with E-state index in [1.807, 2.05) is 24.3 Å². The molecule has 0 aliphatic rings. The van der Waals surface area contributed by atoms with E-state index in [1.54, 1.807) is 12.2 Å². The van der Waals surface area contributed by atoms with Gasteiger partial charge in [-0.1, -0.05) is 143 Å². The Morgan fingerprint density at radius 3 is 1.76 bits per heavy atom. The van der Waals surface area contributed by atoms with E-state index in [4.69, 9.17) is 24.8 Å². The summed E-state index contributed by atoms with van der Waals surface area (Å²) >= 11 is 0. The van der Waals surface area contributed by atoms with Gasteiger partial charge in [0.05, 0.1) is 19.3 Å². The fraction of sp³-hybridized carbons (Fsp3) is 0.587. The van der Waals surface area contributed by atoms with Crippen LogP contribution in [0.4, 0.5) is 0 Å². The summed E-state index contributed by atoms with van der Waals surface area (Å²) in [5.41, 5.74) is 5.31. The number of phosphoric ester groups is 1. The van der Waals surface area contributed by atoms with Crippen LogP contribution in [0.3, 0.4) is 0 Å². The van der Waals surface area contributed by atoms with Crippen LogP contribution in [0.15, 0.2) is 97.2 Å². The van der Waals surface area contributed by atoms with Crippen LogP contribution in [0.2, 0.25) is 0 Å². The minimum Gasteiger partial charge on any atom is -0.480 e. The molecule has 0 amide bonds. The van der Waals surface area contributed by atoms with Gasteiger partial charge in [0.1, 0.15) is 12.6 Å². The van der Waals surface area contributed by atoms with Crippen LogP contribution in [0, 0.1) is 0 Å². The van der Waals surface area contributed by atoms with Gasteiger partial charge in [0.15, 0.2) is 6.10 Å². The van der Waals surface area contributed by atoms with Crippen LogP contribution in [0.25, 0.3) is 0 Å². The van der Waals surface area contributed by atoms with Crippen LogP contribution in [-0.4, -0.2) is 71.1 Å². The van der Waals surface area contributed by atoms with Crippen molar-refractivity contribution < 1.29 is 52.6 Å². The van der Waals surface area contributed by atoms with Gasteiger partial charge in [-0.3, -0.25) is 23.4 Å². The van der Waals surface area contributed by atoms with Crippen LogP contribution in [0.1, 0.15) is 136 Å². The van der Waals surface area contributed by atoms with E-state index in [-0.39, 0.29) is 25.7 Å². The summed E-state index contributed by atoms with van der Waals surface area (Å²) in [6.07, 6.45) is 46.6. The predicted octanol–water partition coefficient (Wildman–Crippen LogP) is 10.2. The van der Waals surface area contributed by atoms with Gasteiger partial charge in [0.2, 0.25) is 0 Å². The first kappa shape index (κ1) is 55.4. The van der Waals surface area contributed by atoms with Gasteiger partial charge in [0.25, 0.3) is 0 Å². The first-order valence-corrected chi connectivity index (χ1v) is 22.9. The molecule has 0 aromatic heterocycles. The molecule has 0 fully saturated rings. The predicted molar refractivity (Wildman–Crippen MR) is 236 cm³/mol. The van der Waals surface area contributed by atoms with Gasteiger partial charge >= 0.3 is 25.7 Å². The summed E-state index contributed by atoms with van der Waals surface area (Å²) in [7, 11) is -4.79. The number of carboxylic acids is 1. The molecule has 0 saturated heterocycles. The molecule has 0 radical (unpaired) electrons. The molecule has 0 heterocycles. The third-order valence-corrected chi connectivity index (χ3v) is 9.37. The highest BCUT2D eigenvalue weighted by molar-refractivity contribution is 7.47. The van der Waals surface area contributed by atoms with Crippen LogP contribution >= 0.6 is 7.82 Å². The monoisotopic (exact) mass is 847 g/mol. The molecule has 0 rings (SSSR count). The summed E-state index contributed by atoms with van der Waals surface area (Å²) < 4.78 is 32.5. The lowest BCUT2D eigenvalue weighted by Crippen LogP contribution is -2.34. The Kier molecular flexibility index (Phi) is 37.3. The molecule has 0 aliphatic carbocycles. The number of allylic oxidation sites excluding steroid dienone is 15. The lowest BCUT2D eigenvalue weighted by Gasteiger charge is -2.20. The molecular formula is C46H74NO11P.